The number of hydrogen-bond acceptors (Lipinski definition) is 8. The van der Waals surface area contributed by atoms with Crippen molar-refractivity contribution in [3.8, 4) is 5.75 Å². The lowest BCUT2D eigenvalue weighted by molar-refractivity contribution is 0.262. The molecule has 0 atom stereocenters. The van der Waals surface area contributed by atoms with Crippen molar-refractivity contribution >= 4 is 69.9 Å². The van der Waals surface area contributed by atoms with Gasteiger partial charge in [-0.3, -0.25) is 9.11 Å². The number of nitrogens with one attached hydrogen (secondary N) is 2. The highest BCUT2D eigenvalue weighted by Gasteiger charge is 2.21. The molecule has 3 aromatic carbocycles. The van der Waals surface area contributed by atoms with E-state index in [4.69, 9.17) is 11.6 Å². The fourth-order valence-corrected chi connectivity index (χ4v) is 5.83. The van der Waals surface area contributed by atoms with E-state index < -0.39 is 51.6 Å². The average Bonchev–Trinajstić information content (AvgIpc) is 2.72. The van der Waals surface area contributed by atoms with E-state index in [0.29, 0.717) is 6.07 Å². The molecule has 35 heavy (non-hydrogen) atoms. The van der Waals surface area contributed by atoms with E-state index in [2.05, 4.69) is 10.6 Å². The molecule has 0 saturated heterocycles. The zero-order valence-corrected chi connectivity index (χ0v) is 20.5. The summed E-state index contributed by atoms with van der Waals surface area (Å²) in [6.07, 6.45) is 0. The van der Waals surface area contributed by atoms with Crippen LogP contribution in [-0.4, -0.2) is 57.1 Å². The van der Waals surface area contributed by atoms with Gasteiger partial charge in [0.1, 0.15) is 5.75 Å². The summed E-state index contributed by atoms with van der Waals surface area (Å²) in [5.41, 5.74) is -0.302. The molecule has 16 heteroatoms. The fourth-order valence-electron chi connectivity index (χ4n) is 3.11. The highest BCUT2D eigenvalue weighted by molar-refractivity contribution is 7.91. The molecule has 188 valence electrons. The molecule has 3 aromatic rings. The van der Waals surface area contributed by atoms with Crippen molar-refractivity contribution in [2.24, 2.45) is 0 Å². The van der Waals surface area contributed by atoms with Gasteiger partial charge < -0.3 is 15.7 Å². The molecule has 0 saturated carbocycles. The van der Waals surface area contributed by atoms with Crippen LogP contribution in [0.4, 0.5) is 16.2 Å². The second-order valence-electron chi connectivity index (χ2n) is 7.08. The van der Waals surface area contributed by atoms with E-state index in [1.807, 2.05) is 0 Å². The number of phenolic OH excluding ortho intramolecular Hbond substituents is 1. The summed E-state index contributed by atoms with van der Waals surface area (Å²) in [7, 11) is -13.3. The molecule has 3 rings (SSSR count). The number of sulfone groups is 1. The van der Waals surface area contributed by atoms with Crippen molar-refractivity contribution in [3.05, 3.63) is 48.5 Å². The first-order chi connectivity index (χ1) is 16.1. The van der Waals surface area contributed by atoms with E-state index in [1.165, 1.54) is 24.3 Å². The van der Waals surface area contributed by atoms with Gasteiger partial charge in [-0.2, -0.15) is 16.8 Å². The van der Waals surface area contributed by atoms with Gasteiger partial charge in [0, 0.05) is 23.0 Å². The standard InChI is InChI=1S/C19H17ClN2O10S3/c20-4-5-33(25,26)13-3-1-2-12(8-13)21-19(24)22-16-9-14(34(27,28)29)6-11-7-15(35(30,31)32)10-17(23)18(11)16/h1-3,6-10,23H,4-5H2,(H2,21,22,24)(H,27,28,29)(H,30,31,32). The van der Waals surface area contributed by atoms with Crippen LogP contribution in [0, 0.1) is 0 Å². The Balaban J connectivity index is 2.04. The molecular formula is C19H17ClN2O10S3. The number of hydrogen-bond donors (Lipinski definition) is 5. The summed E-state index contributed by atoms with van der Waals surface area (Å²) in [5.74, 6) is -1.20. The molecule has 5 N–H and O–H groups in total. The minimum Gasteiger partial charge on any atom is -0.507 e. The van der Waals surface area contributed by atoms with E-state index in [9.17, 15) is 44.3 Å². The van der Waals surface area contributed by atoms with E-state index in [0.717, 1.165) is 18.2 Å². The van der Waals surface area contributed by atoms with Crippen molar-refractivity contribution in [2.45, 2.75) is 14.7 Å². The largest absolute Gasteiger partial charge is 0.507 e. The molecular weight excluding hydrogens is 548 g/mol. The molecule has 0 heterocycles. The number of anilines is 2. The number of alkyl halides is 1. The molecule has 0 radical (unpaired) electrons. The monoisotopic (exact) mass is 564 g/mol. The minimum atomic E-state index is -4.84. The molecule has 0 aromatic heterocycles. The van der Waals surface area contributed by atoms with Gasteiger partial charge in [-0.15, -0.1) is 11.6 Å². The van der Waals surface area contributed by atoms with Crippen LogP contribution in [0.5, 0.6) is 5.75 Å². The Morgan fingerprint density at radius 3 is 2.00 bits per heavy atom. The third kappa shape index (κ3) is 6.19. The summed E-state index contributed by atoms with van der Waals surface area (Å²) in [5, 5.41) is 14.5. The lowest BCUT2D eigenvalue weighted by Crippen LogP contribution is -2.20. The first kappa shape index (κ1) is 26.7. The lowest BCUT2D eigenvalue weighted by atomic mass is 10.1. The van der Waals surface area contributed by atoms with Gasteiger partial charge in [0.2, 0.25) is 0 Å². The van der Waals surface area contributed by atoms with Crippen molar-refractivity contribution in [1.29, 1.82) is 0 Å². The van der Waals surface area contributed by atoms with Crippen molar-refractivity contribution in [3.63, 3.8) is 0 Å². The van der Waals surface area contributed by atoms with E-state index in [1.54, 1.807) is 0 Å². The van der Waals surface area contributed by atoms with Crippen molar-refractivity contribution < 1.29 is 44.3 Å². The van der Waals surface area contributed by atoms with Crippen LogP contribution in [0.15, 0.2) is 63.2 Å². The summed E-state index contributed by atoms with van der Waals surface area (Å²) in [6, 6.07) is 7.37. The van der Waals surface area contributed by atoms with Crippen LogP contribution in [0.1, 0.15) is 0 Å². The zero-order valence-electron chi connectivity index (χ0n) is 17.3. The number of urea groups is 1. The van der Waals surface area contributed by atoms with Gasteiger partial charge in [0.25, 0.3) is 20.2 Å². The van der Waals surface area contributed by atoms with Gasteiger partial charge in [-0.25, -0.2) is 13.2 Å². The molecule has 0 bridgehead atoms. The second-order valence-corrected chi connectivity index (χ2v) is 12.4. The number of halogens is 1. The first-order valence-corrected chi connectivity index (χ1v) is 14.4. The third-order valence-electron chi connectivity index (χ3n) is 4.62. The molecule has 12 nitrogen and oxygen atoms in total. The Morgan fingerprint density at radius 2 is 1.43 bits per heavy atom. The summed E-state index contributed by atoms with van der Waals surface area (Å²) in [6.45, 7) is 0. The molecule has 0 unspecified atom stereocenters. The Hall–Kier alpha value is -2.95. The number of phenols is 1. The lowest BCUT2D eigenvalue weighted by Gasteiger charge is -2.14. The van der Waals surface area contributed by atoms with E-state index in [-0.39, 0.29) is 38.7 Å². The fraction of sp³-hybridized carbons (Fsp3) is 0.105. The van der Waals surface area contributed by atoms with Gasteiger partial charge in [0.15, 0.2) is 9.84 Å². The smallest absolute Gasteiger partial charge is 0.323 e. The number of amides is 2. The number of benzene rings is 3. The maximum atomic E-state index is 12.6. The zero-order chi connectivity index (χ0) is 26.2. The quantitative estimate of drug-likeness (QED) is 0.209. The predicted molar refractivity (Wildman–Crippen MR) is 127 cm³/mol. The van der Waals surface area contributed by atoms with E-state index >= 15 is 0 Å². The van der Waals surface area contributed by atoms with Gasteiger partial charge in [-0.1, -0.05) is 6.07 Å². The maximum absolute atomic E-state index is 12.6. The summed E-state index contributed by atoms with van der Waals surface area (Å²) < 4.78 is 89.4. The Labute approximate surface area is 205 Å². The molecule has 2 amide bonds. The van der Waals surface area contributed by atoms with Crippen LogP contribution in [0.25, 0.3) is 10.8 Å². The predicted octanol–water partition coefficient (Wildman–Crippen LogP) is 2.70. The van der Waals surface area contributed by atoms with Crippen LogP contribution < -0.4 is 10.6 Å². The second kappa shape index (κ2) is 9.60. The topological polar surface area (TPSA) is 204 Å². The molecule has 0 fully saturated rings. The molecule has 0 aliphatic heterocycles. The maximum Gasteiger partial charge on any atom is 0.323 e. The van der Waals surface area contributed by atoms with Crippen LogP contribution in [0.2, 0.25) is 0 Å². The van der Waals surface area contributed by atoms with Crippen molar-refractivity contribution in [1.82, 2.24) is 0 Å². The van der Waals surface area contributed by atoms with Gasteiger partial charge in [-0.05, 0) is 41.8 Å². The Bertz CT molecular complexity index is 1650. The number of fused-ring (bicyclic) bond motifs is 1. The third-order valence-corrected chi connectivity index (χ3v) is 8.41. The summed E-state index contributed by atoms with van der Waals surface area (Å²) in [4.78, 5) is 11.0. The van der Waals surface area contributed by atoms with Gasteiger partial charge >= 0.3 is 6.03 Å². The van der Waals surface area contributed by atoms with Gasteiger partial charge in [0.05, 0.1) is 26.1 Å². The minimum absolute atomic E-state index is 0.0475. The Morgan fingerprint density at radius 1 is 0.829 bits per heavy atom. The average molecular weight is 565 g/mol. The van der Waals surface area contributed by atoms with Crippen LogP contribution >= 0.6 is 11.6 Å². The first-order valence-electron chi connectivity index (χ1n) is 9.34. The Kier molecular flexibility index (Phi) is 7.31. The molecule has 0 aliphatic rings. The number of rotatable bonds is 7. The number of carbonyl (C=O) groups is 1. The SMILES string of the molecule is O=C(Nc1cccc(S(=O)(=O)CCCl)c1)Nc1cc(S(=O)(=O)O)cc2cc(S(=O)(=O)O)cc(O)c12. The number of aromatic hydroxyl groups is 1. The normalized spacial score (nSPS) is 12.4. The highest BCUT2D eigenvalue weighted by Crippen LogP contribution is 2.36. The van der Waals surface area contributed by atoms with Crippen molar-refractivity contribution in [2.75, 3.05) is 22.3 Å². The molecule has 0 aliphatic carbocycles. The summed E-state index contributed by atoms with van der Waals surface area (Å²) >= 11 is 5.50. The molecule has 0 spiro atoms. The van der Waals surface area contributed by atoms with Crippen LogP contribution in [0.3, 0.4) is 0 Å². The van der Waals surface area contributed by atoms with Crippen LogP contribution in [-0.2, 0) is 30.1 Å². The highest BCUT2D eigenvalue weighted by atomic mass is 35.5. The number of carbonyl (C=O) groups excluding carboxylic acids is 1.